The summed E-state index contributed by atoms with van der Waals surface area (Å²) in [5.74, 6) is 3.37. The highest BCUT2D eigenvalue weighted by atomic mass is 15.4. The molecule has 0 atom stereocenters. The van der Waals surface area contributed by atoms with Gasteiger partial charge in [-0.25, -0.2) is 0 Å². The molecule has 0 unspecified atom stereocenters. The molecule has 0 amide bonds. The number of hydrogen-bond donors (Lipinski definition) is 2. The maximum Gasteiger partial charge on any atom is 0.234 e. The minimum absolute atomic E-state index is 0.330. The van der Waals surface area contributed by atoms with Crippen molar-refractivity contribution in [1.82, 2.24) is 19.9 Å². The van der Waals surface area contributed by atoms with Gasteiger partial charge in [-0.3, -0.25) is 4.99 Å². The van der Waals surface area contributed by atoms with Crippen LogP contribution in [0.5, 0.6) is 0 Å². The van der Waals surface area contributed by atoms with Crippen molar-refractivity contribution in [3.63, 3.8) is 0 Å². The Kier molecular flexibility index (Phi) is 5.55. The van der Waals surface area contributed by atoms with Crippen LogP contribution in [0, 0.1) is 5.92 Å². The zero-order valence-electron chi connectivity index (χ0n) is 19.2. The highest BCUT2D eigenvalue weighted by Gasteiger charge is 2.28. The van der Waals surface area contributed by atoms with Crippen molar-refractivity contribution in [3.8, 4) is 0 Å². The third kappa shape index (κ3) is 4.75. The van der Waals surface area contributed by atoms with E-state index in [1.54, 1.807) is 0 Å². The summed E-state index contributed by atoms with van der Waals surface area (Å²) >= 11 is 0. The molecular formula is C24H32N8. The fraction of sp³-hybridized carbons (Fsp3) is 0.500. The van der Waals surface area contributed by atoms with Crippen LogP contribution in [-0.4, -0.2) is 65.5 Å². The minimum atomic E-state index is -0.330. The first-order valence-corrected chi connectivity index (χ1v) is 11.5. The van der Waals surface area contributed by atoms with E-state index in [-0.39, 0.29) is 5.54 Å². The number of hydrogen-bond acceptors (Lipinski definition) is 8. The lowest BCUT2D eigenvalue weighted by Gasteiger charge is -2.33. The van der Waals surface area contributed by atoms with Crippen molar-refractivity contribution in [2.24, 2.45) is 10.9 Å². The maximum atomic E-state index is 4.80. The van der Waals surface area contributed by atoms with Gasteiger partial charge in [0.25, 0.3) is 0 Å². The van der Waals surface area contributed by atoms with Crippen molar-refractivity contribution in [2.45, 2.75) is 32.2 Å². The van der Waals surface area contributed by atoms with Gasteiger partial charge in [-0.05, 0) is 56.9 Å². The third-order valence-electron chi connectivity index (χ3n) is 6.43. The molecule has 2 aromatic rings. The Hall–Kier alpha value is -3.00. The van der Waals surface area contributed by atoms with Crippen molar-refractivity contribution in [3.05, 3.63) is 47.5 Å². The van der Waals surface area contributed by atoms with E-state index in [2.05, 4.69) is 76.7 Å². The number of anilines is 3. The molecule has 3 heterocycles. The topological polar surface area (TPSA) is 81.6 Å². The van der Waals surface area contributed by atoms with Crippen LogP contribution in [0.2, 0.25) is 0 Å². The predicted octanol–water partition coefficient (Wildman–Crippen LogP) is 3.13. The second kappa shape index (κ2) is 8.50. The SMILES string of the molecule is CN1CCN(c2nc(NC3=NCC(C4CC4)=C3)nc(NC(C)(C)c3ccccc3)n2)CC1. The second-order valence-electron chi connectivity index (χ2n) is 9.51. The van der Waals surface area contributed by atoms with Crippen LogP contribution in [0.3, 0.4) is 0 Å². The summed E-state index contributed by atoms with van der Waals surface area (Å²) in [6.07, 6.45) is 4.74. The Morgan fingerprint density at radius 3 is 2.38 bits per heavy atom. The molecule has 2 aliphatic heterocycles. The zero-order chi connectivity index (χ0) is 22.1. The summed E-state index contributed by atoms with van der Waals surface area (Å²) in [4.78, 5) is 23.5. The van der Waals surface area contributed by atoms with Crippen molar-refractivity contribution in [2.75, 3.05) is 55.3 Å². The van der Waals surface area contributed by atoms with Gasteiger partial charge in [0.05, 0.1) is 12.1 Å². The van der Waals surface area contributed by atoms with Crippen molar-refractivity contribution in [1.29, 1.82) is 0 Å². The zero-order valence-corrected chi connectivity index (χ0v) is 19.2. The quantitative estimate of drug-likeness (QED) is 0.726. The van der Waals surface area contributed by atoms with E-state index >= 15 is 0 Å². The molecule has 1 saturated carbocycles. The van der Waals surface area contributed by atoms with Crippen LogP contribution >= 0.6 is 0 Å². The fourth-order valence-electron chi connectivity index (χ4n) is 4.17. The molecule has 1 saturated heterocycles. The molecule has 0 spiro atoms. The number of piperazine rings is 1. The number of aromatic nitrogens is 3. The second-order valence-corrected chi connectivity index (χ2v) is 9.51. The van der Waals surface area contributed by atoms with Gasteiger partial charge >= 0.3 is 0 Å². The van der Waals surface area contributed by atoms with Crippen molar-refractivity contribution < 1.29 is 0 Å². The van der Waals surface area contributed by atoms with Gasteiger partial charge in [0.1, 0.15) is 5.84 Å². The van der Waals surface area contributed by atoms with Crippen molar-refractivity contribution >= 4 is 23.7 Å². The summed E-state index contributed by atoms with van der Waals surface area (Å²) in [6.45, 7) is 8.85. The minimum Gasteiger partial charge on any atom is -0.345 e. The standard InChI is InChI=1S/C24H32N8/c1-24(2,19-7-5-4-6-8-19)30-22-27-21(26-20-15-18(16-25-20)17-9-10-17)28-23(29-22)32-13-11-31(3)12-14-32/h4-8,15,17H,9-14,16H2,1-3H3,(H2,25,26,27,28,29,30). The molecule has 1 aromatic carbocycles. The average molecular weight is 433 g/mol. The molecule has 0 radical (unpaired) electrons. The molecule has 0 bridgehead atoms. The molecule has 2 fully saturated rings. The maximum absolute atomic E-state index is 4.80. The Labute approximate surface area is 189 Å². The number of amidine groups is 1. The van der Waals surface area contributed by atoms with Gasteiger partial charge in [0.15, 0.2) is 0 Å². The van der Waals surface area contributed by atoms with Crippen LogP contribution in [0.15, 0.2) is 47.0 Å². The highest BCUT2D eigenvalue weighted by molar-refractivity contribution is 6.05. The summed E-state index contributed by atoms with van der Waals surface area (Å²) < 4.78 is 0. The molecule has 1 aliphatic carbocycles. The summed E-state index contributed by atoms with van der Waals surface area (Å²) in [7, 11) is 2.15. The lowest BCUT2D eigenvalue weighted by atomic mass is 9.95. The van der Waals surface area contributed by atoms with E-state index < -0.39 is 0 Å². The molecule has 8 nitrogen and oxygen atoms in total. The first-order valence-electron chi connectivity index (χ1n) is 11.5. The lowest BCUT2D eigenvalue weighted by molar-refractivity contribution is 0.311. The Balaban J connectivity index is 1.41. The molecule has 168 valence electrons. The van der Waals surface area contributed by atoms with Crippen LogP contribution < -0.4 is 15.5 Å². The summed E-state index contributed by atoms with van der Waals surface area (Å²) in [5.41, 5.74) is 2.26. The van der Waals surface area contributed by atoms with Gasteiger partial charge in [-0.15, -0.1) is 0 Å². The van der Waals surface area contributed by atoms with Crippen LogP contribution in [-0.2, 0) is 5.54 Å². The number of nitrogens with zero attached hydrogens (tertiary/aromatic N) is 6. The smallest absolute Gasteiger partial charge is 0.234 e. The van der Waals surface area contributed by atoms with E-state index in [1.165, 1.54) is 24.0 Å². The average Bonchev–Trinajstić information content (AvgIpc) is 3.53. The lowest BCUT2D eigenvalue weighted by Crippen LogP contribution is -2.45. The summed E-state index contributed by atoms with van der Waals surface area (Å²) in [6, 6.07) is 10.4. The van der Waals surface area contributed by atoms with Crippen LogP contribution in [0.4, 0.5) is 17.8 Å². The molecular weight excluding hydrogens is 400 g/mol. The molecule has 1 aromatic heterocycles. The van der Waals surface area contributed by atoms with Gasteiger partial charge in [-0.2, -0.15) is 15.0 Å². The van der Waals surface area contributed by atoms with E-state index in [0.29, 0.717) is 17.8 Å². The molecule has 32 heavy (non-hydrogen) atoms. The predicted molar refractivity (Wildman–Crippen MR) is 129 cm³/mol. The molecule has 8 heteroatoms. The number of likely N-dealkylation sites (N-methyl/N-ethyl adjacent to an activating group) is 1. The van der Waals surface area contributed by atoms with Crippen LogP contribution in [0.25, 0.3) is 0 Å². The van der Waals surface area contributed by atoms with Gasteiger partial charge < -0.3 is 20.4 Å². The van der Waals surface area contributed by atoms with Gasteiger partial charge in [0.2, 0.25) is 17.8 Å². The van der Waals surface area contributed by atoms with E-state index in [4.69, 9.17) is 15.0 Å². The fourth-order valence-corrected chi connectivity index (χ4v) is 4.17. The first-order chi connectivity index (χ1) is 15.5. The Morgan fingerprint density at radius 1 is 0.938 bits per heavy atom. The summed E-state index contributed by atoms with van der Waals surface area (Å²) in [5, 5.41) is 6.87. The largest absolute Gasteiger partial charge is 0.345 e. The number of aliphatic imine (C=N–C) groups is 1. The van der Waals surface area contributed by atoms with E-state index in [1.807, 2.05) is 6.07 Å². The third-order valence-corrected chi connectivity index (χ3v) is 6.43. The first kappa shape index (κ1) is 20.9. The number of nitrogens with one attached hydrogen (secondary N) is 2. The van der Waals surface area contributed by atoms with E-state index in [0.717, 1.165) is 44.5 Å². The van der Waals surface area contributed by atoms with E-state index in [9.17, 15) is 0 Å². The highest BCUT2D eigenvalue weighted by Crippen LogP contribution is 2.37. The Morgan fingerprint density at radius 2 is 1.66 bits per heavy atom. The number of benzene rings is 1. The molecule has 3 aliphatic rings. The Bertz CT molecular complexity index is 1020. The van der Waals surface area contributed by atoms with Gasteiger partial charge in [-0.1, -0.05) is 30.3 Å². The van der Waals surface area contributed by atoms with Crippen LogP contribution in [0.1, 0.15) is 32.3 Å². The van der Waals surface area contributed by atoms with Gasteiger partial charge in [0, 0.05) is 26.2 Å². The normalized spacial score (nSPS) is 19.5. The monoisotopic (exact) mass is 432 g/mol. The number of rotatable bonds is 6. The molecule has 5 rings (SSSR count). The molecule has 2 N–H and O–H groups in total.